The molecule has 2 N–H and O–H groups in total. The van der Waals surface area contributed by atoms with Crippen LogP contribution in [0.2, 0.25) is 0 Å². The first kappa shape index (κ1) is 17.8. The average Bonchev–Trinajstić information content (AvgIpc) is 2.20. The van der Waals surface area contributed by atoms with E-state index >= 15 is 0 Å². The summed E-state index contributed by atoms with van der Waals surface area (Å²) in [4.78, 5) is 2.52. The van der Waals surface area contributed by atoms with Crippen LogP contribution in [-0.2, 0) is 6.54 Å². The van der Waals surface area contributed by atoms with Crippen LogP contribution in [0.1, 0.15) is 16.7 Å². The number of hydrogen-bond donors (Lipinski definition) is 1. The molecule has 92 valence electrons. The minimum atomic E-state index is -5.13. The van der Waals surface area contributed by atoms with Gasteiger partial charge in [0.05, 0.1) is 6.54 Å². The molecule has 0 bridgehead atoms. The van der Waals surface area contributed by atoms with Crippen LogP contribution in [0.4, 0.5) is 18.6 Å². The number of halogens is 3. The molecular formula is C9H11BF3KN4. The third-order valence-corrected chi connectivity index (χ3v) is 2.68. The minimum Gasteiger partial charge on any atom is -0.445 e. The number of benzene rings is 1. The van der Waals surface area contributed by atoms with Gasteiger partial charge in [0.1, 0.15) is 0 Å². The fourth-order valence-corrected chi connectivity index (χ4v) is 1.78. The van der Waals surface area contributed by atoms with Crippen LogP contribution in [-0.4, -0.2) is 6.98 Å². The van der Waals surface area contributed by atoms with Crippen molar-refractivity contribution in [1.29, 1.82) is 0 Å². The van der Waals surface area contributed by atoms with Gasteiger partial charge in [-0.25, -0.2) is 0 Å². The van der Waals surface area contributed by atoms with Gasteiger partial charge in [0.25, 0.3) is 0 Å². The Labute approximate surface area is 145 Å². The van der Waals surface area contributed by atoms with E-state index in [1.807, 2.05) is 0 Å². The standard InChI is InChI=1S/C9H11BF3N4.K/c1-5-7(4-16-17-15)3-8(14)6(2)9(5)10(11,12)13;/h3H,4,14H2,1-2H3;/q-1;+1. The van der Waals surface area contributed by atoms with E-state index in [2.05, 4.69) is 10.0 Å². The Hall–Kier alpha value is -0.179. The van der Waals surface area contributed by atoms with Gasteiger partial charge in [-0.15, -0.1) is 5.46 Å². The molecule has 0 radical (unpaired) electrons. The normalized spacial score (nSPS) is 10.5. The molecule has 9 heteroatoms. The van der Waals surface area contributed by atoms with Crippen molar-refractivity contribution in [3.05, 3.63) is 33.2 Å². The van der Waals surface area contributed by atoms with Crippen LogP contribution in [0.5, 0.6) is 0 Å². The summed E-state index contributed by atoms with van der Waals surface area (Å²) in [5, 5.41) is 3.26. The van der Waals surface area contributed by atoms with E-state index < -0.39 is 12.4 Å². The smallest absolute Gasteiger partial charge is 0.445 e. The summed E-state index contributed by atoms with van der Waals surface area (Å²) in [5.41, 5.74) is 13.5. The second-order valence-corrected chi connectivity index (χ2v) is 3.75. The largest absolute Gasteiger partial charge is 1.00 e. The van der Waals surface area contributed by atoms with Crippen LogP contribution < -0.4 is 62.6 Å². The molecule has 18 heavy (non-hydrogen) atoms. The topological polar surface area (TPSA) is 74.8 Å². The molecule has 0 unspecified atom stereocenters. The molecule has 0 spiro atoms. The first-order valence-electron chi connectivity index (χ1n) is 4.88. The van der Waals surface area contributed by atoms with Crippen LogP contribution >= 0.6 is 0 Å². The van der Waals surface area contributed by atoms with Crippen molar-refractivity contribution in [2.75, 3.05) is 5.73 Å². The van der Waals surface area contributed by atoms with Gasteiger partial charge in [-0.2, -0.15) is 0 Å². The molecule has 0 atom stereocenters. The van der Waals surface area contributed by atoms with Gasteiger partial charge in [0.2, 0.25) is 0 Å². The molecule has 0 aliphatic heterocycles. The van der Waals surface area contributed by atoms with Crippen molar-refractivity contribution in [3.8, 4) is 0 Å². The van der Waals surface area contributed by atoms with Crippen molar-refractivity contribution in [3.63, 3.8) is 0 Å². The summed E-state index contributed by atoms with van der Waals surface area (Å²) in [7, 11) is 0. The van der Waals surface area contributed by atoms with Gasteiger partial charge in [-0.1, -0.05) is 16.2 Å². The van der Waals surface area contributed by atoms with Gasteiger partial charge >= 0.3 is 58.4 Å². The fourth-order valence-electron chi connectivity index (χ4n) is 1.78. The van der Waals surface area contributed by atoms with Gasteiger partial charge in [0, 0.05) is 10.6 Å². The molecule has 0 fully saturated rings. The van der Waals surface area contributed by atoms with Crippen LogP contribution in [0.3, 0.4) is 0 Å². The Morgan fingerprint density at radius 3 is 2.33 bits per heavy atom. The van der Waals surface area contributed by atoms with Gasteiger partial charge < -0.3 is 18.7 Å². The molecular weight excluding hydrogens is 271 g/mol. The zero-order chi connectivity index (χ0) is 13.2. The Bertz CT molecular complexity index is 498. The Morgan fingerprint density at radius 2 is 1.89 bits per heavy atom. The second kappa shape index (κ2) is 6.83. The number of nitrogen functional groups attached to an aromatic ring is 1. The van der Waals surface area contributed by atoms with E-state index in [1.165, 1.54) is 19.9 Å². The minimum absolute atomic E-state index is 0. The third-order valence-electron chi connectivity index (χ3n) is 2.68. The molecule has 1 aromatic rings. The second-order valence-electron chi connectivity index (χ2n) is 3.75. The zero-order valence-electron chi connectivity index (χ0n) is 10.4. The number of rotatable bonds is 3. The Kier molecular flexibility index (Phi) is 6.77. The molecule has 4 nitrogen and oxygen atoms in total. The SMILES string of the molecule is Cc1c(N)cc(CN=[N+]=[N-])c(C)c1[B-](F)(F)F.[K+]. The zero-order valence-corrected chi connectivity index (χ0v) is 13.5. The van der Waals surface area contributed by atoms with Gasteiger partial charge in [-0.05, 0) is 31.0 Å². The summed E-state index contributed by atoms with van der Waals surface area (Å²) in [6.45, 7) is -2.56. The van der Waals surface area contributed by atoms with Crippen LogP contribution in [0.25, 0.3) is 10.4 Å². The first-order chi connectivity index (χ1) is 7.79. The predicted molar refractivity (Wildman–Crippen MR) is 61.9 cm³/mol. The number of azide groups is 1. The van der Waals surface area contributed by atoms with Crippen molar-refractivity contribution in [2.24, 2.45) is 5.11 Å². The van der Waals surface area contributed by atoms with Crippen LogP contribution in [0.15, 0.2) is 11.2 Å². The average molecular weight is 282 g/mol. The van der Waals surface area contributed by atoms with E-state index in [9.17, 15) is 12.9 Å². The maximum absolute atomic E-state index is 12.9. The number of hydrogen-bond acceptors (Lipinski definition) is 2. The number of nitrogens with zero attached hydrogens (tertiary/aromatic N) is 3. The Morgan fingerprint density at radius 1 is 1.33 bits per heavy atom. The summed E-state index contributed by atoms with van der Waals surface area (Å²) >= 11 is 0. The third kappa shape index (κ3) is 3.91. The van der Waals surface area contributed by atoms with Crippen molar-refractivity contribution < 1.29 is 64.3 Å². The van der Waals surface area contributed by atoms with Crippen molar-refractivity contribution in [2.45, 2.75) is 20.4 Å². The fraction of sp³-hybridized carbons (Fsp3) is 0.333. The summed E-state index contributed by atoms with van der Waals surface area (Å²) in [5.74, 6) is 0. The molecule has 1 rings (SSSR count). The summed E-state index contributed by atoms with van der Waals surface area (Å²) in [6, 6.07) is 1.42. The molecule has 0 aromatic heterocycles. The van der Waals surface area contributed by atoms with Gasteiger partial charge in [0.15, 0.2) is 0 Å². The maximum atomic E-state index is 12.9. The number of anilines is 1. The van der Waals surface area contributed by atoms with E-state index in [1.54, 1.807) is 0 Å². The molecule has 0 saturated carbocycles. The van der Waals surface area contributed by atoms with E-state index in [-0.39, 0.29) is 74.7 Å². The molecule has 0 saturated heterocycles. The number of nitrogens with two attached hydrogens (primary N) is 1. The molecule has 0 aliphatic carbocycles. The van der Waals surface area contributed by atoms with Crippen molar-refractivity contribution >= 4 is 18.1 Å². The monoisotopic (exact) mass is 282 g/mol. The predicted octanol–water partition coefficient (Wildman–Crippen LogP) is -0.246. The van der Waals surface area contributed by atoms with E-state index in [4.69, 9.17) is 11.3 Å². The van der Waals surface area contributed by atoms with Gasteiger partial charge in [-0.3, -0.25) is 0 Å². The summed E-state index contributed by atoms with van der Waals surface area (Å²) < 4.78 is 38.7. The molecule has 0 amide bonds. The summed E-state index contributed by atoms with van der Waals surface area (Å²) in [6.07, 6.45) is 0. The van der Waals surface area contributed by atoms with E-state index in [0.29, 0.717) is 5.56 Å². The first-order valence-corrected chi connectivity index (χ1v) is 4.88. The maximum Gasteiger partial charge on any atom is 1.00 e. The van der Waals surface area contributed by atoms with E-state index in [0.717, 1.165) is 0 Å². The molecule has 1 aromatic carbocycles. The molecule has 0 heterocycles. The molecule has 0 aliphatic rings. The van der Waals surface area contributed by atoms with Crippen LogP contribution in [0, 0.1) is 13.8 Å². The quantitative estimate of drug-likeness (QED) is 0.268. The Balaban J connectivity index is 0.00000289. The van der Waals surface area contributed by atoms with Crippen molar-refractivity contribution in [1.82, 2.24) is 0 Å².